The zero-order valence-electron chi connectivity index (χ0n) is 14.8. The highest BCUT2D eigenvalue weighted by Crippen LogP contribution is 2.36. The summed E-state index contributed by atoms with van der Waals surface area (Å²) in [5.74, 6) is 1.14. The van der Waals surface area contributed by atoms with Crippen molar-refractivity contribution in [1.82, 2.24) is 0 Å². The lowest BCUT2D eigenvalue weighted by Crippen LogP contribution is -2.11. The minimum Gasteiger partial charge on any atom is -0.396 e. The Morgan fingerprint density at radius 2 is 1.68 bits per heavy atom. The third-order valence-corrected chi connectivity index (χ3v) is 5.48. The van der Waals surface area contributed by atoms with E-state index in [1.165, 1.54) is 31.2 Å². The first-order chi connectivity index (χ1) is 12.2. The van der Waals surface area contributed by atoms with Gasteiger partial charge in [0.2, 0.25) is 0 Å². The molecule has 0 aliphatic heterocycles. The molecule has 3 rings (SSSR count). The fraction of sp³-hybridized carbons (Fsp3) is 0.391. The Bertz CT molecular complexity index is 697. The molecule has 0 spiro atoms. The standard InChI is InChI=1S/C23H27FO/c1-2-17-5-7-18(8-6-17)19-9-11-20(12-10-19)22-14-13-21(4-3-15-25)23(24)16-22/h2,9-14,16-18,25H,1,3-8,15H2. The Balaban J connectivity index is 1.70. The monoisotopic (exact) mass is 338 g/mol. The number of aliphatic hydroxyl groups is 1. The summed E-state index contributed by atoms with van der Waals surface area (Å²) in [5, 5.41) is 8.89. The lowest BCUT2D eigenvalue weighted by Gasteiger charge is -2.27. The fourth-order valence-electron chi connectivity index (χ4n) is 3.84. The SMILES string of the molecule is C=CC1CCC(c2ccc(-c3ccc(CCCO)c(F)c3)cc2)CC1. The van der Waals surface area contributed by atoms with Gasteiger partial charge in [0.1, 0.15) is 5.82 Å². The first kappa shape index (κ1) is 17.9. The molecule has 2 aromatic carbocycles. The van der Waals surface area contributed by atoms with Crippen molar-refractivity contribution in [2.24, 2.45) is 5.92 Å². The largest absolute Gasteiger partial charge is 0.396 e. The van der Waals surface area contributed by atoms with Crippen LogP contribution in [-0.2, 0) is 6.42 Å². The van der Waals surface area contributed by atoms with Gasteiger partial charge in [-0.15, -0.1) is 6.58 Å². The molecule has 1 fully saturated rings. The van der Waals surface area contributed by atoms with Gasteiger partial charge in [-0.05, 0) is 78.7 Å². The molecule has 1 nitrogen and oxygen atoms in total. The first-order valence-corrected chi connectivity index (χ1v) is 9.33. The lowest BCUT2D eigenvalue weighted by atomic mass is 9.78. The quantitative estimate of drug-likeness (QED) is 0.652. The maximum atomic E-state index is 14.2. The number of rotatable bonds is 6. The van der Waals surface area contributed by atoms with E-state index in [4.69, 9.17) is 5.11 Å². The molecule has 2 heteroatoms. The average Bonchev–Trinajstić information content (AvgIpc) is 2.67. The summed E-state index contributed by atoms with van der Waals surface area (Å²) in [6.45, 7) is 4.01. The van der Waals surface area contributed by atoms with E-state index < -0.39 is 0 Å². The smallest absolute Gasteiger partial charge is 0.127 e. The van der Waals surface area contributed by atoms with E-state index in [1.54, 1.807) is 6.07 Å². The second-order valence-corrected chi connectivity index (χ2v) is 7.10. The highest BCUT2D eigenvalue weighted by molar-refractivity contribution is 5.64. The number of halogens is 1. The molecule has 0 amide bonds. The summed E-state index contributed by atoms with van der Waals surface area (Å²) in [4.78, 5) is 0. The molecule has 0 unspecified atom stereocenters. The number of aryl methyl sites for hydroxylation is 1. The molecular weight excluding hydrogens is 311 g/mol. The summed E-state index contributed by atoms with van der Waals surface area (Å²) in [6, 6.07) is 14.0. The number of benzene rings is 2. The Morgan fingerprint density at radius 1 is 1.00 bits per heavy atom. The molecule has 0 saturated heterocycles. The van der Waals surface area contributed by atoms with Crippen LogP contribution in [0, 0.1) is 11.7 Å². The summed E-state index contributed by atoms with van der Waals surface area (Å²) in [7, 11) is 0. The van der Waals surface area contributed by atoms with Crippen LogP contribution in [0.3, 0.4) is 0 Å². The van der Waals surface area contributed by atoms with Crippen molar-refractivity contribution in [2.75, 3.05) is 6.61 Å². The van der Waals surface area contributed by atoms with Crippen LogP contribution < -0.4 is 0 Å². The zero-order chi connectivity index (χ0) is 17.6. The Labute approximate surface area is 150 Å². The van der Waals surface area contributed by atoms with Gasteiger partial charge >= 0.3 is 0 Å². The van der Waals surface area contributed by atoms with Gasteiger partial charge in [0, 0.05) is 6.61 Å². The van der Waals surface area contributed by atoms with Crippen molar-refractivity contribution in [3.63, 3.8) is 0 Å². The number of aliphatic hydroxyl groups excluding tert-OH is 1. The summed E-state index contributed by atoms with van der Waals surface area (Å²) < 4.78 is 14.2. The van der Waals surface area contributed by atoms with E-state index in [1.807, 2.05) is 12.1 Å². The molecule has 132 valence electrons. The Hall–Kier alpha value is -1.93. The van der Waals surface area contributed by atoms with Gasteiger partial charge in [0.05, 0.1) is 0 Å². The van der Waals surface area contributed by atoms with Crippen LogP contribution in [0.4, 0.5) is 4.39 Å². The van der Waals surface area contributed by atoms with E-state index >= 15 is 0 Å². The van der Waals surface area contributed by atoms with E-state index in [0.29, 0.717) is 30.2 Å². The van der Waals surface area contributed by atoms with Gasteiger partial charge in [-0.3, -0.25) is 0 Å². The van der Waals surface area contributed by atoms with Crippen LogP contribution in [0.25, 0.3) is 11.1 Å². The van der Waals surface area contributed by atoms with Gasteiger partial charge < -0.3 is 5.11 Å². The zero-order valence-corrected chi connectivity index (χ0v) is 14.8. The third kappa shape index (κ3) is 4.38. The van der Waals surface area contributed by atoms with Crippen LogP contribution in [-0.4, -0.2) is 11.7 Å². The van der Waals surface area contributed by atoms with Crippen LogP contribution >= 0.6 is 0 Å². The molecule has 1 aliphatic rings. The predicted molar refractivity (Wildman–Crippen MR) is 102 cm³/mol. The van der Waals surface area contributed by atoms with Crippen LogP contribution in [0.5, 0.6) is 0 Å². The van der Waals surface area contributed by atoms with Crippen molar-refractivity contribution in [2.45, 2.75) is 44.4 Å². The van der Waals surface area contributed by atoms with Crippen molar-refractivity contribution < 1.29 is 9.50 Å². The van der Waals surface area contributed by atoms with E-state index in [2.05, 4.69) is 36.9 Å². The summed E-state index contributed by atoms with van der Waals surface area (Å²) >= 11 is 0. The highest BCUT2D eigenvalue weighted by Gasteiger charge is 2.20. The van der Waals surface area contributed by atoms with Crippen LogP contribution in [0.1, 0.15) is 49.1 Å². The minimum absolute atomic E-state index is 0.0946. The van der Waals surface area contributed by atoms with Gasteiger partial charge in [-0.25, -0.2) is 4.39 Å². The van der Waals surface area contributed by atoms with Gasteiger partial charge in [0.15, 0.2) is 0 Å². The number of allylic oxidation sites excluding steroid dienone is 1. The summed E-state index contributed by atoms with van der Waals surface area (Å²) in [6.07, 6.45) is 8.19. The maximum Gasteiger partial charge on any atom is 0.127 e. The third-order valence-electron chi connectivity index (χ3n) is 5.48. The average molecular weight is 338 g/mol. The molecule has 0 bridgehead atoms. The van der Waals surface area contributed by atoms with E-state index in [0.717, 1.165) is 11.1 Å². The Morgan fingerprint density at radius 3 is 2.28 bits per heavy atom. The second-order valence-electron chi connectivity index (χ2n) is 7.10. The van der Waals surface area contributed by atoms with Gasteiger partial charge in [0.25, 0.3) is 0 Å². The molecule has 1 N–H and O–H groups in total. The van der Waals surface area contributed by atoms with Crippen molar-refractivity contribution >= 4 is 0 Å². The molecular formula is C23H27FO. The van der Waals surface area contributed by atoms with E-state index in [9.17, 15) is 4.39 Å². The fourth-order valence-corrected chi connectivity index (χ4v) is 3.84. The summed E-state index contributed by atoms with van der Waals surface area (Å²) in [5.41, 5.74) is 4.03. The van der Waals surface area contributed by atoms with Gasteiger partial charge in [-0.1, -0.05) is 42.5 Å². The minimum atomic E-state index is -0.183. The predicted octanol–water partition coefficient (Wildman–Crippen LogP) is 5.88. The second kappa shape index (κ2) is 8.44. The van der Waals surface area contributed by atoms with Gasteiger partial charge in [-0.2, -0.15) is 0 Å². The Kier molecular flexibility index (Phi) is 6.04. The highest BCUT2D eigenvalue weighted by atomic mass is 19.1. The molecule has 25 heavy (non-hydrogen) atoms. The van der Waals surface area contributed by atoms with Crippen LogP contribution in [0.15, 0.2) is 55.1 Å². The topological polar surface area (TPSA) is 20.2 Å². The van der Waals surface area contributed by atoms with E-state index in [-0.39, 0.29) is 12.4 Å². The molecule has 1 aliphatic carbocycles. The number of hydrogen-bond donors (Lipinski definition) is 1. The molecule has 1 saturated carbocycles. The maximum absolute atomic E-state index is 14.2. The van der Waals surface area contributed by atoms with Crippen molar-refractivity contribution in [3.05, 3.63) is 72.1 Å². The van der Waals surface area contributed by atoms with Crippen molar-refractivity contribution in [3.8, 4) is 11.1 Å². The molecule has 0 aromatic heterocycles. The molecule has 0 atom stereocenters. The lowest BCUT2D eigenvalue weighted by molar-refractivity contribution is 0.288. The number of hydrogen-bond acceptors (Lipinski definition) is 1. The van der Waals surface area contributed by atoms with Crippen LogP contribution in [0.2, 0.25) is 0 Å². The molecule has 0 radical (unpaired) electrons. The molecule has 0 heterocycles. The molecule has 2 aromatic rings. The van der Waals surface area contributed by atoms with Crippen molar-refractivity contribution in [1.29, 1.82) is 0 Å². The normalized spacial score (nSPS) is 20.4. The first-order valence-electron chi connectivity index (χ1n) is 9.33.